The van der Waals surface area contributed by atoms with E-state index in [1.54, 1.807) is 0 Å². The van der Waals surface area contributed by atoms with Gasteiger partial charge in [0.15, 0.2) is 0 Å². The van der Waals surface area contributed by atoms with Gasteiger partial charge in [0, 0.05) is 25.4 Å². The summed E-state index contributed by atoms with van der Waals surface area (Å²) < 4.78 is 0. The zero-order chi connectivity index (χ0) is 10.2. The van der Waals surface area contributed by atoms with E-state index in [9.17, 15) is 0 Å². The topological polar surface area (TPSA) is 32.3 Å². The molecule has 0 aliphatic heterocycles. The molecule has 4 heteroatoms. The Morgan fingerprint density at radius 2 is 1.86 bits per heavy atom. The van der Waals surface area contributed by atoms with Gasteiger partial charge in [0.25, 0.3) is 0 Å². The third-order valence-corrected chi connectivity index (χ3v) is 2.60. The molecule has 88 valence electrons. The largest absolute Gasteiger partial charge is 0.396 e. The van der Waals surface area contributed by atoms with Crippen LogP contribution in [0.15, 0.2) is 0 Å². The van der Waals surface area contributed by atoms with E-state index < -0.39 is 0 Å². The van der Waals surface area contributed by atoms with Crippen LogP contribution in [0.1, 0.15) is 27.2 Å². The lowest BCUT2D eigenvalue weighted by Crippen LogP contribution is -2.28. The third kappa shape index (κ3) is 15.1. The van der Waals surface area contributed by atoms with Gasteiger partial charge in [-0.15, -0.1) is 12.4 Å². The summed E-state index contributed by atoms with van der Waals surface area (Å²) in [4.78, 5) is 0. The predicted molar refractivity (Wildman–Crippen MR) is 68.6 cm³/mol. The van der Waals surface area contributed by atoms with Crippen molar-refractivity contribution in [3.05, 3.63) is 0 Å². The second-order valence-electron chi connectivity index (χ2n) is 4.43. The minimum absolute atomic E-state index is 0. The van der Waals surface area contributed by atoms with Crippen molar-refractivity contribution in [2.45, 2.75) is 27.2 Å². The Bertz CT molecular complexity index is 117. The van der Waals surface area contributed by atoms with Crippen LogP contribution in [-0.4, -0.2) is 36.3 Å². The maximum atomic E-state index is 8.55. The zero-order valence-corrected chi connectivity index (χ0v) is 11.1. The summed E-state index contributed by atoms with van der Waals surface area (Å²) in [6.45, 7) is 9.18. The fraction of sp³-hybridized carbons (Fsp3) is 1.00. The molecule has 0 aliphatic rings. The van der Waals surface area contributed by atoms with Crippen LogP contribution in [0.4, 0.5) is 0 Å². The van der Waals surface area contributed by atoms with Crippen molar-refractivity contribution < 1.29 is 5.11 Å². The van der Waals surface area contributed by atoms with Crippen LogP contribution in [0, 0.1) is 5.41 Å². The number of hydrogen-bond acceptors (Lipinski definition) is 3. The summed E-state index contributed by atoms with van der Waals surface area (Å²) in [5, 5.41) is 12.0. The number of rotatable bonds is 7. The lowest BCUT2D eigenvalue weighted by atomic mass is 9.97. The fourth-order valence-corrected chi connectivity index (χ4v) is 1.70. The highest BCUT2D eigenvalue weighted by Crippen LogP contribution is 2.10. The average molecular weight is 242 g/mol. The van der Waals surface area contributed by atoms with E-state index in [-0.39, 0.29) is 12.4 Å². The molecule has 0 atom stereocenters. The second-order valence-corrected chi connectivity index (χ2v) is 5.65. The highest BCUT2D eigenvalue weighted by Gasteiger charge is 2.07. The van der Waals surface area contributed by atoms with Gasteiger partial charge < -0.3 is 10.4 Å². The minimum Gasteiger partial charge on any atom is -0.396 e. The molecule has 0 fully saturated rings. The number of aliphatic hydroxyl groups excluding tert-OH is 1. The van der Waals surface area contributed by atoms with Gasteiger partial charge >= 0.3 is 0 Å². The number of hydrogen-bond donors (Lipinski definition) is 2. The van der Waals surface area contributed by atoms with Crippen molar-refractivity contribution in [3.63, 3.8) is 0 Å². The van der Waals surface area contributed by atoms with Crippen molar-refractivity contribution in [2.75, 3.05) is 31.2 Å². The first-order valence-electron chi connectivity index (χ1n) is 4.95. The first kappa shape index (κ1) is 17.0. The molecule has 0 spiro atoms. The summed E-state index contributed by atoms with van der Waals surface area (Å²) in [7, 11) is 0. The van der Waals surface area contributed by atoms with E-state index in [0.29, 0.717) is 12.0 Å². The van der Waals surface area contributed by atoms with Crippen LogP contribution in [0.5, 0.6) is 0 Å². The van der Waals surface area contributed by atoms with Crippen molar-refractivity contribution in [1.82, 2.24) is 5.32 Å². The molecule has 2 nitrogen and oxygen atoms in total. The molecule has 0 heterocycles. The molecule has 0 unspecified atom stereocenters. The molecule has 0 radical (unpaired) electrons. The molecular weight excluding hydrogens is 218 g/mol. The van der Waals surface area contributed by atoms with Gasteiger partial charge in [-0.25, -0.2) is 0 Å². The molecule has 0 saturated heterocycles. The lowest BCUT2D eigenvalue weighted by molar-refractivity contribution is 0.296. The Labute approximate surface area is 98.6 Å². The van der Waals surface area contributed by atoms with Crippen LogP contribution < -0.4 is 5.32 Å². The Hall–Kier alpha value is 0.560. The first-order chi connectivity index (χ1) is 6.06. The Morgan fingerprint density at radius 3 is 2.36 bits per heavy atom. The maximum absolute atomic E-state index is 8.55. The van der Waals surface area contributed by atoms with Gasteiger partial charge in [0.1, 0.15) is 0 Å². The van der Waals surface area contributed by atoms with Crippen molar-refractivity contribution in [1.29, 1.82) is 0 Å². The maximum Gasteiger partial charge on any atom is 0.0438 e. The van der Waals surface area contributed by atoms with Crippen molar-refractivity contribution >= 4 is 24.2 Å². The summed E-state index contributed by atoms with van der Waals surface area (Å²) in [6, 6.07) is 0. The first-order valence-corrected chi connectivity index (χ1v) is 6.11. The smallest absolute Gasteiger partial charge is 0.0438 e. The molecule has 0 amide bonds. The van der Waals surface area contributed by atoms with E-state index in [1.165, 1.54) is 0 Å². The summed E-state index contributed by atoms with van der Waals surface area (Å²) in [6.07, 6.45) is 0.921. The van der Waals surface area contributed by atoms with Crippen LogP contribution in [0.25, 0.3) is 0 Å². The van der Waals surface area contributed by atoms with E-state index >= 15 is 0 Å². The molecular formula is C10H24ClNOS. The normalized spacial score (nSPS) is 11.1. The lowest BCUT2D eigenvalue weighted by Gasteiger charge is -2.18. The second kappa shape index (κ2) is 10.1. The number of halogens is 1. The van der Waals surface area contributed by atoms with Crippen molar-refractivity contribution in [2.24, 2.45) is 5.41 Å². The molecule has 0 saturated carbocycles. The molecule has 0 aromatic heterocycles. The predicted octanol–water partition coefficient (Wildman–Crippen LogP) is 2.16. The minimum atomic E-state index is 0. The SMILES string of the molecule is CC(C)(C)CNCCSCCCO.Cl. The highest BCUT2D eigenvalue weighted by atomic mass is 35.5. The molecule has 0 aromatic rings. The summed E-state index contributed by atoms with van der Waals surface area (Å²) >= 11 is 1.91. The van der Waals surface area contributed by atoms with Crippen LogP contribution in [0.2, 0.25) is 0 Å². The number of thioether (sulfide) groups is 1. The molecule has 0 rings (SSSR count). The summed E-state index contributed by atoms with van der Waals surface area (Å²) in [5.41, 5.74) is 0.385. The summed E-state index contributed by atoms with van der Waals surface area (Å²) in [5.74, 6) is 2.23. The molecule has 2 N–H and O–H groups in total. The molecule has 14 heavy (non-hydrogen) atoms. The van der Waals surface area contributed by atoms with Gasteiger partial charge in [0.2, 0.25) is 0 Å². The zero-order valence-electron chi connectivity index (χ0n) is 9.51. The van der Waals surface area contributed by atoms with Gasteiger partial charge in [-0.2, -0.15) is 11.8 Å². The Kier molecular flexibility index (Phi) is 12.2. The molecule has 0 bridgehead atoms. The Balaban J connectivity index is 0. The van der Waals surface area contributed by atoms with E-state index in [4.69, 9.17) is 5.11 Å². The average Bonchev–Trinajstić information content (AvgIpc) is 2.01. The Morgan fingerprint density at radius 1 is 1.21 bits per heavy atom. The van der Waals surface area contributed by atoms with E-state index in [1.807, 2.05) is 11.8 Å². The van der Waals surface area contributed by atoms with Crippen molar-refractivity contribution in [3.8, 4) is 0 Å². The van der Waals surface area contributed by atoms with Crippen LogP contribution >= 0.6 is 24.2 Å². The fourth-order valence-electron chi connectivity index (χ4n) is 0.876. The van der Waals surface area contributed by atoms with Gasteiger partial charge in [0.05, 0.1) is 0 Å². The van der Waals surface area contributed by atoms with Gasteiger partial charge in [-0.1, -0.05) is 20.8 Å². The van der Waals surface area contributed by atoms with E-state index in [0.717, 1.165) is 31.0 Å². The quantitative estimate of drug-likeness (QED) is 0.670. The van der Waals surface area contributed by atoms with Crippen LogP contribution in [-0.2, 0) is 0 Å². The standard InChI is InChI=1S/C10H23NOS.ClH/c1-10(2,3)9-11-5-8-13-7-4-6-12;/h11-12H,4-9H2,1-3H3;1H. The highest BCUT2D eigenvalue weighted by molar-refractivity contribution is 7.99. The monoisotopic (exact) mass is 241 g/mol. The van der Waals surface area contributed by atoms with E-state index in [2.05, 4.69) is 26.1 Å². The van der Waals surface area contributed by atoms with Crippen LogP contribution in [0.3, 0.4) is 0 Å². The van der Waals surface area contributed by atoms with Gasteiger partial charge in [-0.3, -0.25) is 0 Å². The molecule has 0 aliphatic carbocycles. The van der Waals surface area contributed by atoms with Gasteiger partial charge in [-0.05, 0) is 17.6 Å². The molecule has 0 aromatic carbocycles. The number of aliphatic hydroxyl groups is 1. The third-order valence-electron chi connectivity index (χ3n) is 1.53. The number of nitrogens with one attached hydrogen (secondary N) is 1.